The van der Waals surface area contributed by atoms with Crippen molar-refractivity contribution in [1.29, 1.82) is 0 Å². The molecule has 0 aromatic carbocycles. The minimum atomic E-state index is -0.730. The molecule has 1 unspecified atom stereocenters. The van der Waals surface area contributed by atoms with Gasteiger partial charge in [0.2, 0.25) is 0 Å². The van der Waals surface area contributed by atoms with Crippen LogP contribution in [0.15, 0.2) is 18.5 Å². The van der Waals surface area contributed by atoms with Gasteiger partial charge in [-0.1, -0.05) is 13.0 Å². The van der Waals surface area contributed by atoms with E-state index in [9.17, 15) is 5.11 Å². The van der Waals surface area contributed by atoms with Gasteiger partial charge in [-0.25, -0.2) is 0 Å². The Morgan fingerprint density at radius 3 is 2.57 bits per heavy atom. The number of rotatable bonds is 2. The lowest BCUT2D eigenvalue weighted by Crippen LogP contribution is -2.31. The third kappa shape index (κ3) is 1.34. The van der Waals surface area contributed by atoms with E-state index in [1.807, 2.05) is 26.1 Å². The molecular weight excluding hydrogens is 174 g/mol. The number of pyridine rings is 1. The van der Waals surface area contributed by atoms with E-state index in [0.29, 0.717) is 0 Å². The number of hydrogen-bond donors (Lipinski definition) is 1. The molecule has 1 aliphatic rings. The first-order valence-electron chi connectivity index (χ1n) is 5.10. The van der Waals surface area contributed by atoms with Crippen LogP contribution in [-0.4, -0.2) is 10.1 Å². The first-order valence-corrected chi connectivity index (χ1v) is 5.10. The van der Waals surface area contributed by atoms with Crippen molar-refractivity contribution in [2.75, 3.05) is 0 Å². The normalized spacial score (nSPS) is 22.9. The summed E-state index contributed by atoms with van der Waals surface area (Å²) in [4.78, 5) is 4.13. The maximum Gasteiger partial charge on any atom is 0.0936 e. The summed E-state index contributed by atoms with van der Waals surface area (Å²) >= 11 is 0. The van der Waals surface area contributed by atoms with Gasteiger partial charge in [0.1, 0.15) is 0 Å². The van der Waals surface area contributed by atoms with Crippen LogP contribution < -0.4 is 0 Å². The van der Waals surface area contributed by atoms with E-state index in [2.05, 4.69) is 11.9 Å². The topological polar surface area (TPSA) is 33.1 Å². The van der Waals surface area contributed by atoms with Crippen molar-refractivity contribution in [3.8, 4) is 0 Å². The number of aromatic nitrogens is 1. The number of aryl methyl sites for hydroxylation is 1. The fourth-order valence-electron chi connectivity index (χ4n) is 1.84. The molecule has 2 rings (SSSR count). The van der Waals surface area contributed by atoms with Crippen LogP contribution in [0, 0.1) is 12.3 Å². The van der Waals surface area contributed by atoms with Crippen LogP contribution in [0.3, 0.4) is 0 Å². The molecule has 0 saturated heterocycles. The quantitative estimate of drug-likeness (QED) is 0.778. The monoisotopic (exact) mass is 191 g/mol. The predicted octanol–water partition coefficient (Wildman–Crippen LogP) is 2.40. The van der Waals surface area contributed by atoms with Gasteiger partial charge in [0.05, 0.1) is 5.60 Å². The third-order valence-corrected chi connectivity index (χ3v) is 3.61. The van der Waals surface area contributed by atoms with Crippen LogP contribution >= 0.6 is 0 Å². The second-order valence-electron chi connectivity index (χ2n) is 4.88. The van der Waals surface area contributed by atoms with Gasteiger partial charge in [-0.2, -0.15) is 0 Å². The molecule has 2 nitrogen and oxygen atoms in total. The van der Waals surface area contributed by atoms with Crippen molar-refractivity contribution in [2.24, 2.45) is 5.41 Å². The molecule has 1 aromatic rings. The Bertz CT molecular complexity index is 353. The van der Waals surface area contributed by atoms with E-state index in [1.54, 1.807) is 6.20 Å². The second kappa shape index (κ2) is 2.80. The zero-order valence-corrected chi connectivity index (χ0v) is 9.04. The lowest BCUT2D eigenvalue weighted by atomic mass is 9.82. The molecule has 1 heterocycles. The van der Waals surface area contributed by atoms with E-state index in [1.165, 1.54) is 0 Å². The molecular formula is C12H17NO. The summed E-state index contributed by atoms with van der Waals surface area (Å²) in [7, 11) is 0. The molecule has 1 fully saturated rings. The molecule has 2 heteroatoms. The molecule has 0 radical (unpaired) electrons. The Morgan fingerprint density at radius 1 is 1.43 bits per heavy atom. The molecule has 0 spiro atoms. The van der Waals surface area contributed by atoms with Crippen molar-refractivity contribution in [2.45, 2.75) is 39.2 Å². The fraction of sp³-hybridized carbons (Fsp3) is 0.583. The van der Waals surface area contributed by atoms with Gasteiger partial charge in [0, 0.05) is 23.4 Å². The molecule has 1 aliphatic carbocycles. The molecule has 76 valence electrons. The van der Waals surface area contributed by atoms with Gasteiger partial charge < -0.3 is 5.11 Å². The Morgan fingerprint density at radius 2 is 2.07 bits per heavy atom. The zero-order valence-electron chi connectivity index (χ0n) is 9.04. The van der Waals surface area contributed by atoms with Crippen LogP contribution in [0.5, 0.6) is 0 Å². The highest BCUT2D eigenvalue weighted by molar-refractivity contribution is 5.27. The largest absolute Gasteiger partial charge is 0.385 e. The highest BCUT2D eigenvalue weighted by Gasteiger charge is 2.53. The summed E-state index contributed by atoms with van der Waals surface area (Å²) < 4.78 is 0. The Kier molecular flexibility index (Phi) is 1.93. The standard InChI is InChI=1S/C12H17NO/c1-9-6-10(8-13-7-9)12(3,14)11(2)4-5-11/h6-8,14H,4-5H2,1-3H3. The zero-order chi connectivity index (χ0) is 10.4. The number of nitrogens with zero attached hydrogens (tertiary/aromatic N) is 1. The van der Waals surface area contributed by atoms with Crippen molar-refractivity contribution in [1.82, 2.24) is 4.98 Å². The smallest absolute Gasteiger partial charge is 0.0936 e. The molecule has 1 aromatic heterocycles. The van der Waals surface area contributed by atoms with Crippen LogP contribution in [-0.2, 0) is 5.60 Å². The average molecular weight is 191 g/mol. The minimum Gasteiger partial charge on any atom is -0.385 e. The van der Waals surface area contributed by atoms with Gasteiger partial charge >= 0.3 is 0 Å². The van der Waals surface area contributed by atoms with Crippen molar-refractivity contribution in [3.63, 3.8) is 0 Å². The van der Waals surface area contributed by atoms with E-state index in [0.717, 1.165) is 24.0 Å². The first-order chi connectivity index (χ1) is 6.46. The summed E-state index contributed by atoms with van der Waals surface area (Å²) in [6.45, 7) is 6.04. The summed E-state index contributed by atoms with van der Waals surface area (Å²) in [6.07, 6.45) is 5.80. The van der Waals surface area contributed by atoms with Gasteiger partial charge in [-0.05, 0) is 32.3 Å². The second-order valence-corrected chi connectivity index (χ2v) is 4.88. The van der Waals surface area contributed by atoms with Crippen LogP contribution in [0.25, 0.3) is 0 Å². The van der Waals surface area contributed by atoms with E-state index in [4.69, 9.17) is 0 Å². The summed E-state index contributed by atoms with van der Waals surface area (Å²) in [6, 6.07) is 2.02. The fourth-order valence-corrected chi connectivity index (χ4v) is 1.84. The maximum atomic E-state index is 10.5. The lowest BCUT2D eigenvalue weighted by Gasteiger charge is -2.30. The molecule has 0 bridgehead atoms. The van der Waals surface area contributed by atoms with Gasteiger partial charge in [-0.3, -0.25) is 4.98 Å². The summed E-state index contributed by atoms with van der Waals surface area (Å²) in [5.74, 6) is 0. The Labute approximate surface area is 85.0 Å². The molecule has 14 heavy (non-hydrogen) atoms. The molecule has 1 atom stereocenters. The molecule has 0 aliphatic heterocycles. The van der Waals surface area contributed by atoms with Crippen LogP contribution in [0.2, 0.25) is 0 Å². The number of hydrogen-bond acceptors (Lipinski definition) is 2. The van der Waals surface area contributed by atoms with Gasteiger partial charge in [0.25, 0.3) is 0 Å². The summed E-state index contributed by atoms with van der Waals surface area (Å²) in [5.41, 5.74) is 1.37. The van der Waals surface area contributed by atoms with Crippen molar-refractivity contribution >= 4 is 0 Å². The maximum absolute atomic E-state index is 10.5. The average Bonchev–Trinajstić information content (AvgIpc) is 2.85. The van der Waals surface area contributed by atoms with Gasteiger partial charge in [-0.15, -0.1) is 0 Å². The minimum absolute atomic E-state index is 0.0580. The van der Waals surface area contributed by atoms with Gasteiger partial charge in [0.15, 0.2) is 0 Å². The molecule has 0 amide bonds. The van der Waals surface area contributed by atoms with Crippen LogP contribution in [0.1, 0.15) is 37.8 Å². The van der Waals surface area contributed by atoms with Crippen molar-refractivity contribution in [3.05, 3.63) is 29.6 Å². The molecule has 1 saturated carbocycles. The lowest BCUT2D eigenvalue weighted by molar-refractivity contribution is -0.0130. The predicted molar refractivity (Wildman–Crippen MR) is 55.9 cm³/mol. The number of aliphatic hydroxyl groups is 1. The van der Waals surface area contributed by atoms with E-state index < -0.39 is 5.60 Å². The highest BCUT2D eigenvalue weighted by atomic mass is 16.3. The van der Waals surface area contributed by atoms with Crippen LogP contribution in [0.4, 0.5) is 0 Å². The SMILES string of the molecule is Cc1cncc(C(C)(O)C2(C)CC2)c1. The summed E-state index contributed by atoms with van der Waals surface area (Å²) in [5, 5.41) is 10.5. The van der Waals surface area contributed by atoms with E-state index >= 15 is 0 Å². The first kappa shape index (κ1) is 9.66. The molecule has 1 N–H and O–H groups in total. The Balaban J connectivity index is 2.38. The third-order valence-electron chi connectivity index (χ3n) is 3.61. The highest BCUT2D eigenvalue weighted by Crippen LogP contribution is 2.57. The van der Waals surface area contributed by atoms with E-state index in [-0.39, 0.29) is 5.41 Å². The van der Waals surface area contributed by atoms with Crippen molar-refractivity contribution < 1.29 is 5.11 Å². The Hall–Kier alpha value is -0.890.